The SMILES string of the molecule is Nc1cccc2c1CCCN2C(=O)C1CCN(c2nc3ccccc3s2)CC1. The van der Waals surface area contributed by atoms with Gasteiger partial charge < -0.3 is 15.5 Å². The van der Waals surface area contributed by atoms with E-state index in [2.05, 4.69) is 23.1 Å². The summed E-state index contributed by atoms with van der Waals surface area (Å²) >= 11 is 1.74. The lowest BCUT2D eigenvalue weighted by Gasteiger charge is -2.36. The molecule has 2 aliphatic heterocycles. The molecule has 0 radical (unpaired) electrons. The third-order valence-corrected chi connectivity index (χ3v) is 7.05. The average molecular weight is 393 g/mol. The molecular weight excluding hydrogens is 368 g/mol. The van der Waals surface area contributed by atoms with E-state index in [0.717, 1.165) is 72.9 Å². The van der Waals surface area contributed by atoms with Crippen LogP contribution in [0.15, 0.2) is 42.5 Å². The average Bonchev–Trinajstić information content (AvgIpc) is 3.18. The second-order valence-electron chi connectivity index (χ2n) is 7.66. The number of piperidine rings is 1. The molecule has 0 aliphatic carbocycles. The van der Waals surface area contributed by atoms with Crippen LogP contribution in [0.5, 0.6) is 0 Å². The summed E-state index contributed by atoms with van der Waals surface area (Å²) < 4.78 is 1.22. The van der Waals surface area contributed by atoms with Crippen LogP contribution in [-0.2, 0) is 11.2 Å². The van der Waals surface area contributed by atoms with Crippen LogP contribution in [0, 0.1) is 5.92 Å². The summed E-state index contributed by atoms with van der Waals surface area (Å²) in [6.07, 6.45) is 3.70. The second-order valence-corrected chi connectivity index (χ2v) is 8.67. The number of hydrogen-bond donors (Lipinski definition) is 1. The highest BCUT2D eigenvalue weighted by Crippen LogP contribution is 2.35. The van der Waals surface area contributed by atoms with Gasteiger partial charge in [-0.05, 0) is 55.5 Å². The Kier molecular flexibility index (Phi) is 4.43. The van der Waals surface area contributed by atoms with Crippen LogP contribution >= 0.6 is 11.3 Å². The lowest BCUT2D eigenvalue weighted by molar-refractivity contribution is -0.123. The van der Waals surface area contributed by atoms with Crippen molar-refractivity contribution in [2.24, 2.45) is 5.92 Å². The van der Waals surface area contributed by atoms with Crippen molar-refractivity contribution in [2.75, 3.05) is 35.2 Å². The maximum atomic E-state index is 13.3. The van der Waals surface area contributed by atoms with Gasteiger partial charge in [-0.2, -0.15) is 0 Å². The smallest absolute Gasteiger partial charge is 0.230 e. The Morgan fingerprint density at radius 3 is 2.71 bits per heavy atom. The largest absolute Gasteiger partial charge is 0.398 e. The van der Waals surface area contributed by atoms with Gasteiger partial charge in [0.25, 0.3) is 0 Å². The van der Waals surface area contributed by atoms with E-state index in [1.165, 1.54) is 4.70 Å². The monoisotopic (exact) mass is 392 g/mol. The van der Waals surface area contributed by atoms with Gasteiger partial charge in [-0.25, -0.2) is 4.98 Å². The number of carbonyl (C=O) groups excluding carboxylic acids is 1. The van der Waals surface area contributed by atoms with Crippen molar-refractivity contribution in [2.45, 2.75) is 25.7 Å². The molecule has 0 saturated carbocycles. The molecule has 2 aromatic carbocycles. The molecular formula is C22H24N4OS. The Balaban J connectivity index is 1.30. The molecule has 0 unspecified atom stereocenters. The first kappa shape index (κ1) is 17.5. The lowest BCUT2D eigenvalue weighted by atomic mass is 9.93. The first-order valence-electron chi connectivity index (χ1n) is 10.00. The predicted molar refractivity (Wildman–Crippen MR) is 116 cm³/mol. The molecule has 3 aromatic rings. The number of rotatable bonds is 2. The zero-order valence-corrected chi connectivity index (χ0v) is 16.6. The van der Waals surface area contributed by atoms with Gasteiger partial charge >= 0.3 is 0 Å². The molecule has 0 bridgehead atoms. The van der Waals surface area contributed by atoms with Crippen LogP contribution in [0.3, 0.4) is 0 Å². The van der Waals surface area contributed by atoms with Crippen molar-refractivity contribution in [1.29, 1.82) is 0 Å². The van der Waals surface area contributed by atoms with Crippen LogP contribution in [0.4, 0.5) is 16.5 Å². The molecule has 0 spiro atoms. The fourth-order valence-corrected chi connectivity index (χ4v) is 5.43. The summed E-state index contributed by atoms with van der Waals surface area (Å²) in [6.45, 7) is 2.56. The standard InChI is InChI=1S/C22H24N4OS/c23-17-6-3-8-19-16(17)5-4-12-26(19)21(27)15-10-13-25(14-11-15)22-24-18-7-1-2-9-20(18)28-22/h1-3,6-9,15H,4-5,10-14,23H2. The van der Waals surface area contributed by atoms with Crippen molar-refractivity contribution < 1.29 is 4.79 Å². The number of thiazole rings is 1. The highest BCUT2D eigenvalue weighted by molar-refractivity contribution is 7.22. The zero-order chi connectivity index (χ0) is 19.1. The molecule has 0 atom stereocenters. The quantitative estimate of drug-likeness (QED) is 0.668. The molecule has 144 valence electrons. The Morgan fingerprint density at radius 2 is 1.89 bits per heavy atom. The molecule has 28 heavy (non-hydrogen) atoms. The van der Waals surface area contributed by atoms with Crippen molar-refractivity contribution in [1.82, 2.24) is 4.98 Å². The van der Waals surface area contributed by atoms with Crippen LogP contribution in [0.25, 0.3) is 10.2 Å². The normalized spacial score (nSPS) is 17.7. The van der Waals surface area contributed by atoms with Gasteiger partial charge in [0.15, 0.2) is 5.13 Å². The number of nitrogens with two attached hydrogens (primary N) is 1. The second kappa shape index (κ2) is 7.09. The minimum atomic E-state index is 0.0815. The summed E-state index contributed by atoms with van der Waals surface area (Å²) in [7, 11) is 0. The number of nitrogens with zero attached hydrogens (tertiary/aromatic N) is 3. The van der Waals surface area contributed by atoms with Crippen molar-refractivity contribution in [3.05, 3.63) is 48.0 Å². The van der Waals surface area contributed by atoms with Gasteiger partial charge in [-0.1, -0.05) is 29.5 Å². The van der Waals surface area contributed by atoms with Crippen LogP contribution in [0.1, 0.15) is 24.8 Å². The fraction of sp³-hybridized carbons (Fsp3) is 0.364. The lowest BCUT2D eigenvalue weighted by Crippen LogP contribution is -2.44. The molecule has 1 amide bonds. The first-order valence-corrected chi connectivity index (χ1v) is 10.8. The zero-order valence-electron chi connectivity index (χ0n) is 15.8. The molecule has 5 nitrogen and oxygen atoms in total. The van der Waals surface area contributed by atoms with Gasteiger partial charge in [0.2, 0.25) is 5.91 Å². The minimum Gasteiger partial charge on any atom is -0.398 e. The molecule has 5 rings (SSSR count). The van der Waals surface area contributed by atoms with Crippen LogP contribution in [-0.4, -0.2) is 30.5 Å². The number of aromatic nitrogens is 1. The maximum Gasteiger partial charge on any atom is 0.230 e. The van der Waals surface area contributed by atoms with Gasteiger partial charge in [0, 0.05) is 36.9 Å². The number of carbonyl (C=O) groups is 1. The Hall–Kier alpha value is -2.60. The molecule has 3 heterocycles. The highest BCUT2D eigenvalue weighted by atomic mass is 32.1. The van der Waals surface area contributed by atoms with Gasteiger partial charge in [-0.3, -0.25) is 4.79 Å². The van der Waals surface area contributed by atoms with Crippen molar-refractivity contribution >= 4 is 44.0 Å². The minimum absolute atomic E-state index is 0.0815. The molecule has 1 aromatic heterocycles. The van der Waals surface area contributed by atoms with Crippen LogP contribution < -0.4 is 15.5 Å². The van der Waals surface area contributed by atoms with E-state index >= 15 is 0 Å². The third-order valence-electron chi connectivity index (χ3n) is 5.95. The molecule has 2 N–H and O–H groups in total. The summed E-state index contributed by atoms with van der Waals surface area (Å²) in [6, 6.07) is 14.2. The summed E-state index contributed by atoms with van der Waals surface area (Å²) in [4.78, 5) is 22.3. The van der Waals surface area contributed by atoms with Gasteiger partial charge in [0.1, 0.15) is 0 Å². The Labute approximate surface area is 168 Å². The van der Waals surface area contributed by atoms with E-state index in [4.69, 9.17) is 10.7 Å². The number of amides is 1. The molecule has 1 fully saturated rings. The molecule has 1 saturated heterocycles. The number of benzene rings is 2. The summed E-state index contributed by atoms with van der Waals surface area (Å²) in [5.41, 5.74) is 10.2. The highest BCUT2D eigenvalue weighted by Gasteiger charge is 2.32. The van der Waals surface area contributed by atoms with E-state index in [1.807, 2.05) is 29.2 Å². The van der Waals surface area contributed by atoms with E-state index in [-0.39, 0.29) is 11.8 Å². The predicted octanol–water partition coefficient (Wildman–Crippen LogP) is 4.07. The van der Waals surface area contributed by atoms with Crippen LogP contribution in [0.2, 0.25) is 0 Å². The number of anilines is 3. The number of hydrogen-bond acceptors (Lipinski definition) is 5. The van der Waals surface area contributed by atoms with E-state index < -0.39 is 0 Å². The fourth-order valence-electron chi connectivity index (χ4n) is 4.41. The number of fused-ring (bicyclic) bond motifs is 2. The first-order chi connectivity index (χ1) is 13.7. The van der Waals surface area contributed by atoms with Gasteiger partial charge in [0.05, 0.1) is 10.2 Å². The van der Waals surface area contributed by atoms with Crippen molar-refractivity contribution in [3.8, 4) is 0 Å². The van der Waals surface area contributed by atoms with E-state index in [1.54, 1.807) is 11.3 Å². The van der Waals surface area contributed by atoms with Gasteiger partial charge in [-0.15, -0.1) is 0 Å². The molecule has 2 aliphatic rings. The van der Waals surface area contributed by atoms with Crippen molar-refractivity contribution in [3.63, 3.8) is 0 Å². The Bertz CT molecular complexity index is 989. The molecule has 6 heteroatoms. The number of nitrogen functional groups attached to an aromatic ring is 1. The number of para-hydroxylation sites is 1. The third kappa shape index (κ3) is 3.02. The van der Waals surface area contributed by atoms with E-state index in [0.29, 0.717) is 0 Å². The summed E-state index contributed by atoms with van der Waals surface area (Å²) in [5.74, 6) is 0.341. The Morgan fingerprint density at radius 1 is 1.07 bits per heavy atom. The topological polar surface area (TPSA) is 62.5 Å². The summed E-state index contributed by atoms with van der Waals surface area (Å²) in [5, 5.41) is 1.07. The maximum absolute atomic E-state index is 13.3. The van der Waals surface area contributed by atoms with E-state index in [9.17, 15) is 4.79 Å².